The van der Waals surface area contributed by atoms with E-state index in [0.717, 1.165) is 39.1 Å². The summed E-state index contributed by atoms with van der Waals surface area (Å²) in [6.07, 6.45) is 1.98. The summed E-state index contributed by atoms with van der Waals surface area (Å²) in [6.45, 7) is 0. The lowest BCUT2D eigenvalue weighted by Crippen LogP contribution is -2.02. The second kappa shape index (κ2) is 13.3. The van der Waals surface area contributed by atoms with Crippen LogP contribution in [-0.2, 0) is 0 Å². The molecule has 0 N–H and O–H groups in total. The number of thiophene rings is 1. The molecule has 1 atom stereocenters. The molecular formula is C51H32N4S. The Morgan fingerprint density at radius 3 is 1.68 bits per heavy atom. The molecule has 5 heteroatoms. The van der Waals surface area contributed by atoms with Crippen molar-refractivity contribution in [1.29, 1.82) is 0 Å². The van der Waals surface area contributed by atoms with E-state index in [0.29, 0.717) is 17.5 Å². The fraction of sp³-hybridized carbons (Fsp3) is 0.0196. The van der Waals surface area contributed by atoms with Crippen LogP contribution in [0.25, 0.3) is 87.8 Å². The van der Waals surface area contributed by atoms with Gasteiger partial charge in [-0.2, -0.15) is 0 Å². The van der Waals surface area contributed by atoms with E-state index in [1.54, 1.807) is 0 Å². The van der Waals surface area contributed by atoms with Crippen LogP contribution in [0.15, 0.2) is 188 Å². The Morgan fingerprint density at radius 1 is 0.393 bits per heavy atom. The van der Waals surface area contributed by atoms with Gasteiger partial charge in [0.1, 0.15) is 0 Å². The Labute approximate surface area is 328 Å². The normalized spacial score (nSPS) is 13.2. The van der Waals surface area contributed by atoms with Gasteiger partial charge in [0.15, 0.2) is 17.5 Å². The third-order valence-corrected chi connectivity index (χ3v) is 12.1. The van der Waals surface area contributed by atoms with E-state index in [-0.39, 0.29) is 5.92 Å². The predicted molar refractivity (Wildman–Crippen MR) is 231 cm³/mol. The van der Waals surface area contributed by atoms with E-state index < -0.39 is 0 Å². The molecule has 1 unspecified atom stereocenters. The third kappa shape index (κ3) is 5.44. The number of aromatic nitrogens is 4. The second-order valence-corrected chi connectivity index (χ2v) is 15.2. The summed E-state index contributed by atoms with van der Waals surface area (Å²) in [5.74, 6) is 2.01. The van der Waals surface area contributed by atoms with Crippen molar-refractivity contribution in [3.05, 3.63) is 205 Å². The summed E-state index contributed by atoms with van der Waals surface area (Å²) < 4.78 is 2.46. The number of hydrogen-bond acceptors (Lipinski definition) is 5. The number of fused-ring (bicyclic) bond motifs is 6. The van der Waals surface area contributed by atoms with Crippen molar-refractivity contribution in [3.8, 4) is 67.7 Å². The molecule has 1 aliphatic carbocycles. The Balaban J connectivity index is 1.15. The van der Waals surface area contributed by atoms with Gasteiger partial charge in [-0.05, 0) is 51.6 Å². The zero-order valence-corrected chi connectivity index (χ0v) is 31.0. The van der Waals surface area contributed by atoms with Crippen molar-refractivity contribution >= 4 is 31.5 Å². The van der Waals surface area contributed by atoms with Crippen LogP contribution >= 0.6 is 11.3 Å². The van der Waals surface area contributed by atoms with Gasteiger partial charge in [-0.1, -0.05) is 164 Å². The first-order valence-corrected chi connectivity index (χ1v) is 19.6. The lowest BCUT2D eigenvalue weighted by atomic mass is 9.89. The van der Waals surface area contributed by atoms with Gasteiger partial charge in [0.25, 0.3) is 0 Å². The Bertz CT molecular complexity index is 3010. The first kappa shape index (κ1) is 32.4. The molecule has 0 saturated carbocycles. The maximum atomic E-state index is 5.28. The fourth-order valence-corrected chi connectivity index (χ4v) is 9.50. The molecule has 3 aromatic heterocycles. The van der Waals surface area contributed by atoms with Crippen LogP contribution in [0, 0.1) is 0 Å². The van der Waals surface area contributed by atoms with Gasteiger partial charge >= 0.3 is 0 Å². The molecule has 0 radical (unpaired) electrons. The zero-order valence-electron chi connectivity index (χ0n) is 30.2. The van der Waals surface area contributed by atoms with Gasteiger partial charge in [0.2, 0.25) is 0 Å². The van der Waals surface area contributed by atoms with Gasteiger partial charge in [0, 0.05) is 60.1 Å². The number of rotatable bonds is 6. The van der Waals surface area contributed by atoms with E-state index >= 15 is 0 Å². The summed E-state index contributed by atoms with van der Waals surface area (Å²) in [4.78, 5) is 20.6. The standard InChI is InChI=1S/C51H32N4S/c1-5-16-32(17-6-1)36-28-44(51-54-49(34-20-9-3-10-21-34)53-50(55-51)35-22-11-4-12-23-35)47(52-31-36)40-27-15-26-39-42-29-41-37-24-13-14-25-38(37)46(33-18-7-2-8-19-33)43(41)30-45(42)56-48(39)40/h1-31,46H. The summed E-state index contributed by atoms with van der Waals surface area (Å²) in [5.41, 5.74) is 13.3. The quantitative estimate of drug-likeness (QED) is 0.171. The SMILES string of the molecule is c1ccc(-c2cnc(-c3cccc4c3sc3cc5c(cc34)-c3ccccc3C5c3ccccc3)c(-c3nc(-c4ccccc4)nc(-c4ccccc4)n3)c2)cc1. The molecular weight excluding hydrogens is 701 g/mol. The summed E-state index contributed by atoms with van der Waals surface area (Å²) in [5, 5.41) is 2.48. The van der Waals surface area contributed by atoms with Crippen molar-refractivity contribution in [2.45, 2.75) is 5.92 Å². The van der Waals surface area contributed by atoms with E-state index in [4.69, 9.17) is 19.9 Å². The minimum atomic E-state index is 0.191. The molecule has 11 rings (SSSR count). The highest BCUT2D eigenvalue weighted by Gasteiger charge is 2.31. The fourth-order valence-electron chi connectivity index (χ4n) is 8.25. The number of nitrogens with zero attached hydrogens (tertiary/aromatic N) is 4. The molecule has 4 nitrogen and oxygen atoms in total. The maximum absolute atomic E-state index is 5.28. The molecule has 7 aromatic carbocycles. The summed E-state index contributed by atoms with van der Waals surface area (Å²) >= 11 is 1.84. The molecule has 0 bridgehead atoms. The van der Waals surface area contributed by atoms with Crippen LogP contribution < -0.4 is 0 Å². The van der Waals surface area contributed by atoms with Crippen molar-refractivity contribution in [1.82, 2.24) is 19.9 Å². The molecule has 1 aliphatic rings. The number of benzene rings is 7. The average molecular weight is 733 g/mol. The molecule has 56 heavy (non-hydrogen) atoms. The van der Waals surface area contributed by atoms with Gasteiger partial charge in [-0.3, -0.25) is 4.98 Å². The minimum absolute atomic E-state index is 0.191. The van der Waals surface area contributed by atoms with E-state index in [2.05, 4.69) is 115 Å². The molecule has 0 fully saturated rings. The monoisotopic (exact) mass is 732 g/mol. The topological polar surface area (TPSA) is 51.6 Å². The second-order valence-electron chi connectivity index (χ2n) is 14.2. The van der Waals surface area contributed by atoms with Crippen molar-refractivity contribution < 1.29 is 0 Å². The molecule has 0 amide bonds. The highest BCUT2D eigenvalue weighted by molar-refractivity contribution is 7.26. The Hall–Kier alpha value is -7.08. The minimum Gasteiger partial charge on any atom is -0.255 e. The molecule has 0 saturated heterocycles. The summed E-state index contributed by atoms with van der Waals surface area (Å²) in [6, 6.07) is 64.1. The van der Waals surface area contributed by atoms with Crippen LogP contribution in [0.4, 0.5) is 0 Å². The van der Waals surface area contributed by atoms with Crippen LogP contribution in [0.2, 0.25) is 0 Å². The van der Waals surface area contributed by atoms with E-state index in [1.807, 2.05) is 84.3 Å². The van der Waals surface area contributed by atoms with Gasteiger partial charge in [-0.25, -0.2) is 15.0 Å². The lowest BCUT2D eigenvalue weighted by Gasteiger charge is -2.14. The third-order valence-electron chi connectivity index (χ3n) is 10.9. The van der Waals surface area contributed by atoms with E-state index in [1.165, 1.54) is 48.0 Å². The van der Waals surface area contributed by atoms with Gasteiger partial charge < -0.3 is 0 Å². The number of pyridine rings is 1. The maximum Gasteiger partial charge on any atom is 0.166 e. The molecule has 262 valence electrons. The van der Waals surface area contributed by atoms with Crippen molar-refractivity contribution in [2.24, 2.45) is 0 Å². The highest BCUT2D eigenvalue weighted by atomic mass is 32.1. The van der Waals surface area contributed by atoms with Crippen LogP contribution in [0.3, 0.4) is 0 Å². The summed E-state index contributed by atoms with van der Waals surface area (Å²) in [7, 11) is 0. The van der Waals surface area contributed by atoms with Crippen molar-refractivity contribution in [2.75, 3.05) is 0 Å². The molecule has 3 heterocycles. The van der Waals surface area contributed by atoms with Crippen LogP contribution in [0.5, 0.6) is 0 Å². The Kier molecular flexibility index (Phi) is 7.71. The molecule has 0 aliphatic heterocycles. The van der Waals surface area contributed by atoms with Crippen LogP contribution in [-0.4, -0.2) is 19.9 Å². The first-order valence-electron chi connectivity index (χ1n) is 18.8. The van der Waals surface area contributed by atoms with Gasteiger partial charge in [-0.15, -0.1) is 11.3 Å². The first-order chi connectivity index (χ1) is 27.8. The van der Waals surface area contributed by atoms with E-state index in [9.17, 15) is 0 Å². The average Bonchev–Trinajstić information content (AvgIpc) is 3.81. The van der Waals surface area contributed by atoms with Crippen molar-refractivity contribution in [3.63, 3.8) is 0 Å². The van der Waals surface area contributed by atoms with Crippen LogP contribution in [0.1, 0.15) is 22.6 Å². The highest BCUT2D eigenvalue weighted by Crippen LogP contribution is 2.52. The zero-order chi connectivity index (χ0) is 37.0. The number of hydrogen-bond donors (Lipinski definition) is 0. The predicted octanol–water partition coefficient (Wildman–Crippen LogP) is 13.1. The Morgan fingerprint density at radius 2 is 0.982 bits per heavy atom. The lowest BCUT2D eigenvalue weighted by molar-refractivity contribution is 1.02. The van der Waals surface area contributed by atoms with Gasteiger partial charge in [0.05, 0.1) is 5.69 Å². The largest absolute Gasteiger partial charge is 0.255 e. The molecule has 0 spiro atoms. The molecule has 10 aromatic rings. The smallest absolute Gasteiger partial charge is 0.166 e.